The summed E-state index contributed by atoms with van der Waals surface area (Å²) in [5, 5.41) is 0. The van der Waals surface area contributed by atoms with E-state index < -0.39 is 0 Å². The van der Waals surface area contributed by atoms with Gasteiger partial charge in [-0.3, -0.25) is 0 Å². The molecule has 1 aromatic carbocycles. The smallest absolute Gasteiger partial charge is 0.143 e. The monoisotopic (exact) mass is 245 g/mol. The van der Waals surface area contributed by atoms with Crippen LogP contribution in [0.1, 0.15) is 11.4 Å². The topological polar surface area (TPSA) is 53.1 Å². The van der Waals surface area contributed by atoms with Crippen LogP contribution in [0.4, 0.5) is 0 Å². The number of methoxy groups -OCH3 is 1. The number of ether oxygens (including phenoxy) is 1. The second kappa shape index (κ2) is 5.23. The Labute approximate surface area is 107 Å². The third-order valence-corrected chi connectivity index (χ3v) is 3.21. The van der Waals surface area contributed by atoms with Gasteiger partial charge >= 0.3 is 0 Å². The van der Waals surface area contributed by atoms with Crippen molar-refractivity contribution in [2.75, 3.05) is 13.7 Å². The van der Waals surface area contributed by atoms with Crippen molar-refractivity contribution in [2.24, 2.45) is 12.8 Å². The maximum absolute atomic E-state index is 5.61. The van der Waals surface area contributed by atoms with Gasteiger partial charge in [0.1, 0.15) is 11.6 Å². The van der Waals surface area contributed by atoms with E-state index in [9.17, 15) is 0 Å². The van der Waals surface area contributed by atoms with Gasteiger partial charge in [0.2, 0.25) is 0 Å². The number of imidazole rings is 1. The molecule has 0 radical (unpaired) electrons. The summed E-state index contributed by atoms with van der Waals surface area (Å²) in [7, 11) is 3.69. The molecule has 2 N–H and O–H groups in total. The van der Waals surface area contributed by atoms with Gasteiger partial charge in [0, 0.05) is 19.2 Å². The lowest BCUT2D eigenvalue weighted by Gasteiger charge is -2.08. The summed E-state index contributed by atoms with van der Waals surface area (Å²) in [5.41, 5.74) is 8.83. The number of nitrogens with zero attached hydrogens (tertiary/aromatic N) is 2. The zero-order chi connectivity index (χ0) is 13.1. The van der Waals surface area contributed by atoms with E-state index in [-0.39, 0.29) is 0 Å². The number of aromatic nitrogens is 2. The third kappa shape index (κ3) is 2.11. The maximum Gasteiger partial charge on any atom is 0.143 e. The molecule has 0 saturated heterocycles. The zero-order valence-corrected chi connectivity index (χ0v) is 11.1. The Morgan fingerprint density at radius 1 is 1.33 bits per heavy atom. The summed E-state index contributed by atoms with van der Waals surface area (Å²) < 4.78 is 7.47. The highest BCUT2D eigenvalue weighted by Gasteiger charge is 2.15. The quantitative estimate of drug-likeness (QED) is 0.895. The normalized spacial score (nSPS) is 10.7. The van der Waals surface area contributed by atoms with Crippen LogP contribution in [0.15, 0.2) is 24.3 Å². The van der Waals surface area contributed by atoms with Gasteiger partial charge in [0.25, 0.3) is 0 Å². The van der Waals surface area contributed by atoms with Gasteiger partial charge in [-0.05, 0) is 25.6 Å². The second-order valence-electron chi connectivity index (χ2n) is 4.27. The van der Waals surface area contributed by atoms with Crippen LogP contribution in [0.2, 0.25) is 0 Å². The molecule has 0 aliphatic carbocycles. The van der Waals surface area contributed by atoms with Gasteiger partial charge in [-0.25, -0.2) is 4.98 Å². The van der Waals surface area contributed by atoms with Crippen molar-refractivity contribution in [1.29, 1.82) is 0 Å². The summed E-state index contributed by atoms with van der Waals surface area (Å²) in [6.45, 7) is 2.68. The molecule has 18 heavy (non-hydrogen) atoms. The summed E-state index contributed by atoms with van der Waals surface area (Å²) >= 11 is 0. The number of nitrogens with two attached hydrogens (primary N) is 1. The van der Waals surface area contributed by atoms with Gasteiger partial charge in [-0.15, -0.1) is 0 Å². The first kappa shape index (κ1) is 12.6. The molecule has 1 heterocycles. The largest absolute Gasteiger partial charge is 0.496 e. The fraction of sp³-hybridized carbons (Fsp3) is 0.357. The highest BCUT2D eigenvalue weighted by atomic mass is 16.5. The molecule has 0 amide bonds. The van der Waals surface area contributed by atoms with Crippen LogP contribution >= 0.6 is 0 Å². The van der Waals surface area contributed by atoms with E-state index in [0.717, 1.165) is 34.9 Å². The Bertz CT molecular complexity index is 546. The fourth-order valence-corrected chi connectivity index (χ4v) is 2.08. The molecular formula is C14H19N3O. The average Bonchev–Trinajstić information content (AvgIpc) is 2.67. The molecular weight excluding hydrogens is 226 g/mol. The van der Waals surface area contributed by atoms with Crippen molar-refractivity contribution in [2.45, 2.75) is 13.3 Å². The Kier molecular flexibility index (Phi) is 3.67. The first-order valence-electron chi connectivity index (χ1n) is 6.04. The minimum Gasteiger partial charge on any atom is -0.496 e. The second-order valence-corrected chi connectivity index (χ2v) is 4.27. The van der Waals surface area contributed by atoms with Crippen molar-refractivity contribution < 1.29 is 4.74 Å². The van der Waals surface area contributed by atoms with Crippen LogP contribution in [0.3, 0.4) is 0 Å². The van der Waals surface area contributed by atoms with E-state index in [1.807, 2.05) is 31.3 Å². The van der Waals surface area contributed by atoms with Gasteiger partial charge in [-0.2, -0.15) is 0 Å². The summed E-state index contributed by atoms with van der Waals surface area (Å²) in [6.07, 6.45) is 0.800. The maximum atomic E-state index is 5.61. The molecule has 96 valence electrons. The van der Waals surface area contributed by atoms with Crippen LogP contribution < -0.4 is 10.5 Å². The van der Waals surface area contributed by atoms with E-state index in [0.29, 0.717) is 6.54 Å². The van der Waals surface area contributed by atoms with E-state index in [4.69, 9.17) is 10.5 Å². The lowest BCUT2D eigenvalue weighted by Crippen LogP contribution is -2.04. The van der Waals surface area contributed by atoms with E-state index >= 15 is 0 Å². The van der Waals surface area contributed by atoms with Crippen molar-refractivity contribution >= 4 is 0 Å². The molecule has 0 saturated carbocycles. The molecule has 2 aromatic rings. The van der Waals surface area contributed by atoms with Gasteiger partial charge < -0.3 is 15.0 Å². The number of para-hydroxylation sites is 1. The lowest BCUT2D eigenvalue weighted by atomic mass is 10.2. The summed E-state index contributed by atoms with van der Waals surface area (Å²) in [4.78, 5) is 4.68. The highest BCUT2D eigenvalue weighted by Crippen LogP contribution is 2.29. The van der Waals surface area contributed by atoms with Crippen molar-refractivity contribution in [3.05, 3.63) is 35.7 Å². The van der Waals surface area contributed by atoms with Gasteiger partial charge in [0.15, 0.2) is 0 Å². The highest BCUT2D eigenvalue weighted by molar-refractivity contribution is 5.65. The average molecular weight is 245 g/mol. The molecule has 0 atom stereocenters. The minimum absolute atomic E-state index is 0.614. The molecule has 0 aliphatic rings. The van der Waals surface area contributed by atoms with Crippen LogP contribution in [0, 0.1) is 6.92 Å². The molecule has 0 fully saturated rings. The molecule has 4 heteroatoms. The van der Waals surface area contributed by atoms with Gasteiger partial charge in [0.05, 0.1) is 18.4 Å². The first-order chi connectivity index (χ1) is 8.69. The number of hydrogen-bond donors (Lipinski definition) is 1. The molecule has 0 spiro atoms. The Balaban J connectivity index is 2.54. The lowest BCUT2D eigenvalue weighted by molar-refractivity contribution is 0.416. The SMILES string of the molecule is COc1ccccc1-c1nc(CCN)c(C)n1C. The molecule has 0 aliphatic heterocycles. The van der Waals surface area contributed by atoms with Crippen molar-refractivity contribution in [1.82, 2.24) is 9.55 Å². The number of rotatable bonds is 4. The zero-order valence-electron chi connectivity index (χ0n) is 11.1. The molecule has 0 bridgehead atoms. The van der Waals surface area contributed by atoms with E-state index in [1.54, 1.807) is 7.11 Å². The predicted molar refractivity (Wildman–Crippen MR) is 72.7 cm³/mol. The molecule has 0 unspecified atom stereocenters. The van der Waals surface area contributed by atoms with E-state index in [1.165, 1.54) is 0 Å². The van der Waals surface area contributed by atoms with Crippen molar-refractivity contribution in [3.8, 4) is 17.1 Å². The van der Waals surface area contributed by atoms with Crippen LogP contribution in [0.25, 0.3) is 11.4 Å². The Hall–Kier alpha value is -1.81. The Morgan fingerprint density at radius 2 is 2.06 bits per heavy atom. The minimum atomic E-state index is 0.614. The number of hydrogen-bond acceptors (Lipinski definition) is 3. The first-order valence-corrected chi connectivity index (χ1v) is 6.04. The van der Waals surface area contributed by atoms with Crippen molar-refractivity contribution in [3.63, 3.8) is 0 Å². The van der Waals surface area contributed by atoms with Crippen LogP contribution in [0.5, 0.6) is 5.75 Å². The van der Waals surface area contributed by atoms with Gasteiger partial charge in [-0.1, -0.05) is 12.1 Å². The molecule has 4 nitrogen and oxygen atoms in total. The Morgan fingerprint density at radius 3 is 2.72 bits per heavy atom. The standard InChI is InChI=1S/C14H19N3O/c1-10-12(8-9-15)16-14(17(10)2)11-6-4-5-7-13(11)18-3/h4-7H,8-9,15H2,1-3H3. The van der Waals surface area contributed by atoms with Crippen LogP contribution in [-0.4, -0.2) is 23.2 Å². The fourth-order valence-electron chi connectivity index (χ4n) is 2.08. The summed E-state index contributed by atoms with van der Waals surface area (Å²) in [5.74, 6) is 1.76. The van der Waals surface area contributed by atoms with Crippen LogP contribution in [-0.2, 0) is 13.5 Å². The molecule has 1 aromatic heterocycles. The third-order valence-electron chi connectivity index (χ3n) is 3.21. The number of benzene rings is 1. The summed E-state index contributed by atoms with van der Waals surface area (Å²) in [6, 6.07) is 7.91. The predicted octanol–water partition coefficient (Wildman–Crippen LogP) is 1.91. The molecule has 2 rings (SSSR count). The van der Waals surface area contributed by atoms with E-state index in [2.05, 4.69) is 16.5 Å².